The maximum Gasteiger partial charge on any atom is 0.229 e. The van der Waals surface area contributed by atoms with E-state index in [0.717, 1.165) is 79.2 Å². The Morgan fingerprint density at radius 2 is 1.85 bits per heavy atom. The fraction of sp³-hybridized carbons (Fsp3) is 0.519. The highest BCUT2D eigenvalue weighted by Crippen LogP contribution is 2.47. The molecule has 180 valence electrons. The molecule has 1 fully saturated rings. The first kappa shape index (κ1) is 22.7. The number of rotatable bonds is 6. The summed E-state index contributed by atoms with van der Waals surface area (Å²) in [5.41, 5.74) is 10.2. The van der Waals surface area contributed by atoms with Crippen molar-refractivity contribution in [2.24, 2.45) is 5.92 Å². The van der Waals surface area contributed by atoms with Crippen molar-refractivity contribution < 1.29 is 9.53 Å². The van der Waals surface area contributed by atoms with Gasteiger partial charge in [0.25, 0.3) is 0 Å². The number of ketones is 1. The molecule has 3 aliphatic rings. The van der Waals surface area contributed by atoms with Crippen LogP contribution in [-0.4, -0.2) is 35.4 Å². The van der Waals surface area contributed by atoms with Crippen LogP contribution in [0.15, 0.2) is 35.5 Å². The Morgan fingerprint density at radius 1 is 1.09 bits per heavy atom. The van der Waals surface area contributed by atoms with Gasteiger partial charge in [-0.1, -0.05) is 26.0 Å². The Morgan fingerprint density at radius 3 is 2.59 bits per heavy atom. The number of allylic oxidation sites excluding steroid dienone is 2. The molecular weight excluding hydrogens is 426 g/mol. The maximum atomic E-state index is 13.1. The van der Waals surface area contributed by atoms with Gasteiger partial charge in [-0.05, 0) is 62.1 Å². The zero-order chi connectivity index (χ0) is 23.7. The van der Waals surface area contributed by atoms with E-state index in [-0.39, 0.29) is 11.7 Å². The predicted molar refractivity (Wildman–Crippen MR) is 135 cm³/mol. The highest BCUT2D eigenvalue weighted by atomic mass is 16.5. The number of hydrogen-bond donors (Lipinski definition) is 2. The molecule has 7 heteroatoms. The summed E-state index contributed by atoms with van der Waals surface area (Å²) in [6.45, 7) is 6.98. The molecule has 2 aliphatic heterocycles. The Kier molecular flexibility index (Phi) is 6.44. The molecule has 1 aromatic carbocycles. The molecule has 0 saturated carbocycles. The molecule has 1 aliphatic carbocycles. The number of piperidine rings is 1. The van der Waals surface area contributed by atoms with E-state index in [1.165, 1.54) is 6.42 Å². The second-order valence-corrected chi connectivity index (χ2v) is 10.0. The Bertz CT molecular complexity index is 1090. The van der Waals surface area contributed by atoms with Crippen LogP contribution in [-0.2, 0) is 4.79 Å². The number of carbonyl (C=O) groups is 1. The van der Waals surface area contributed by atoms with Crippen LogP contribution in [0.25, 0.3) is 0 Å². The number of fused-ring (bicyclic) bond motifs is 1. The van der Waals surface area contributed by atoms with E-state index in [2.05, 4.69) is 36.2 Å². The molecule has 0 radical (unpaired) electrons. The van der Waals surface area contributed by atoms with E-state index >= 15 is 0 Å². The molecule has 34 heavy (non-hydrogen) atoms. The number of anilines is 3. The van der Waals surface area contributed by atoms with Crippen LogP contribution in [0.5, 0.6) is 5.75 Å². The van der Waals surface area contributed by atoms with Crippen LogP contribution >= 0.6 is 0 Å². The third-order valence-electron chi connectivity index (χ3n) is 7.08. The lowest BCUT2D eigenvalue weighted by Crippen LogP contribution is -2.33. The summed E-state index contributed by atoms with van der Waals surface area (Å²) in [6.07, 6.45) is 6.81. The first-order valence-electron chi connectivity index (χ1n) is 12.7. The molecule has 0 spiro atoms. The quantitative estimate of drug-likeness (QED) is 0.622. The average Bonchev–Trinajstić information content (AvgIpc) is 2.84. The van der Waals surface area contributed by atoms with Crippen LogP contribution < -0.4 is 20.7 Å². The maximum absolute atomic E-state index is 13.1. The lowest BCUT2D eigenvalue weighted by atomic mass is 9.76. The Balaban J connectivity index is 1.51. The van der Waals surface area contributed by atoms with Gasteiger partial charge in [-0.3, -0.25) is 4.79 Å². The molecule has 1 unspecified atom stereocenters. The van der Waals surface area contributed by atoms with Gasteiger partial charge in [0.15, 0.2) is 5.78 Å². The fourth-order valence-electron chi connectivity index (χ4n) is 5.21. The average molecular weight is 462 g/mol. The van der Waals surface area contributed by atoms with E-state index in [4.69, 9.17) is 20.4 Å². The second-order valence-electron chi connectivity index (χ2n) is 10.0. The first-order valence-corrected chi connectivity index (χ1v) is 12.7. The molecule has 7 nitrogen and oxygen atoms in total. The molecular formula is C27H35N5O2. The molecule has 1 aromatic heterocycles. The number of Topliss-reactive ketones (excluding diaryl/α,β-unsaturated/α-hetero) is 1. The van der Waals surface area contributed by atoms with Gasteiger partial charge >= 0.3 is 0 Å². The topological polar surface area (TPSA) is 93.4 Å². The number of carbonyl (C=O) groups excluding carboxylic acids is 1. The number of nitrogens with two attached hydrogens (primary N) is 1. The largest absolute Gasteiger partial charge is 0.494 e. The number of hydrogen-bond acceptors (Lipinski definition) is 7. The van der Waals surface area contributed by atoms with Gasteiger partial charge in [0.05, 0.1) is 6.61 Å². The van der Waals surface area contributed by atoms with Gasteiger partial charge in [-0.15, -0.1) is 0 Å². The minimum atomic E-state index is -0.265. The van der Waals surface area contributed by atoms with Gasteiger partial charge < -0.3 is 20.7 Å². The lowest BCUT2D eigenvalue weighted by Gasteiger charge is -2.35. The molecule has 0 amide bonds. The fourth-order valence-corrected chi connectivity index (χ4v) is 5.21. The molecule has 1 atom stereocenters. The van der Waals surface area contributed by atoms with Crippen molar-refractivity contribution in [2.45, 2.75) is 64.7 Å². The molecule has 0 bridgehead atoms. The minimum Gasteiger partial charge on any atom is -0.494 e. The monoisotopic (exact) mass is 461 g/mol. The predicted octanol–water partition coefficient (Wildman–Crippen LogP) is 5.04. The highest BCUT2D eigenvalue weighted by molar-refractivity contribution is 6.01. The van der Waals surface area contributed by atoms with E-state index in [0.29, 0.717) is 30.7 Å². The normalized spacial score (nSPS) is 20.1. The van der Waals surface area contributed by atoms with Crippen molar-refractivity contribution >= 4 is 23.4 Å². The summed E-state index contributed by atoms with van der Waals surface area (Å²) in [5, 5.41) is 3.48. The SMILES string of the molecule is CC(C)CCOc1ccc(C2C3=C(CCCC3=O)Nc3nc(N4CCCCC4)nc(N)c32)cc1. The number of aromatic nitrogens is 2. The molecule has 2 aromatic rings. The first-order chi connectivity index (χ1) is 16.5. The van der Waals surface area contributed by atoms with Crippen molar-refractivity contribution in [3.63, 3.8) is 0 Å². The van der Waals surface area contributed by atoms with Crippen molar-refractivity contribution in [3.05, 3.63) is 46.7 Å². The summed E-state index contributed by atoms with van der Waals surface area (Å²) < 4.78 is 5.92. The smallest absolute Gasteiger partial charge is 0.229 e. The lowest BCUT2D eigenvalue weighted by molar-refractivity contribution is -0.116. The highest BCUT2D eigenvalue weighted by Gasteiger charge is 2.38. The number of benzene rings is 1. The molecule has 1 saturated heterocycles. The molecule has 3 N–H and O–H groups in total. The molecule has 5 rings (SSSR count). The minimum absolute atomic E-state index is 0.182. The van der Waals surface area contributed by atoms with E-state index in [1.807, 2.05) is 12.1 Å². The Hall–Kier alpha value is -3.09. The summed E-state index contributed by atoms with van der Waals surface area (Å²) in [7, 11) is 0. The third kappa shape index (κ3) is 4.48. The van der Waals surface area contributed by atoms with Gasteiger partial charge in [-0.2, -0.15) is 9.97 Å². The standard InChI is InChI=1S/C27H35N5O2/c1-17(2)13-16-34-19-11-9-18(10-12-19)22-23-20(7-6-8-21(23)33)29-26-24(22)25(28)30-27(31-26)32-14-4-3-5-15-32/h9-12,17,22H,3-8,13-16H2,1-2H3,(H3,28,29,30,31). The van der Waals surface area contributed by atoms with Crippen LogP contribution in [0.1, 0.15) is 75.8 Å². The summed E-state index contributed by atoms with van der Waals surface area (Å²) in [6, 6.07) is 8.08. The number of ether oxygens (including phenoxy) is 1. The number of nitrogens with one attached hydrogen (secondary N) is 1. The van der Waals surface area contributed by atoms with E-state index in [1.54, 1.807) is 0 Å². The van der Waals surface area contributed by atoms with Crippen LogP contribution in [0, 0.1) is 5.92 Å². The summed E-state index contributed by atoms with van der Waals surface area (Å²) in [4.78, 5) is 25.0. The zero-order valence-corrected chi connectivity index (χ0v) is 20.3. The Labute approximate surface area is 201 Å². The van der Waals surface area contributed by atoms with Gasteiger partial charge in [0, 0.05) is 42.3 Å². The van der Waals surface area contributed by atoms with E-state index < -0.39 is 0 Å². The van der Waals surface area contributed by atoms with E-state index in [9.17, 15) is 4.79 Å². The van der Waals surface area contributed by atoms with Crippen LogP contribution in [0.3, 0.4) is 0 Å². The number of nitrogens with zero attached hydrogens (tertiary/aromatic N) is 3. The van der Waals surface area contributed by atoms with Crippen molar-refractivity contribution in [1.82, 2.24) is 9.97 Å². The van der Waals surface area contributed by atoms with Crippen LogP contribution in [0.4, 0.5) is 17.6 Å². The molecule has 3 heterocycles. The van der Waals surface area contributed by atoms with Crippen molar-refractivity contribution in [2.75, 3.05) is 35.6 Å². The summed E-state index contributed by atoms with van der Waals surface area (Å²) >= 11 is 0. The third-order valence-corrected chi connectivity index (χ3v) is 7.08. The zero-order valence-electron chi connectivity index (χ0n) is 20.3. The second kappa shape index (κ2) is 9.65. The van der Waals surface area contributed by atoms with Gasteiger partial charge in [0.2, 0.25) is 5.95 Å². The number of nitrogen functional groups attached to an aromatic ring is 1. The van der Waals surface area contributed by atoms with Crippen molar-refractivity contribution in [1.29, 1.82) is 0 Å². The van der Waals surface area contributed by atoms with Crippen molar-refractivity contribution in [3.8, 4) is 5.75 Å². The van der Waals surface area contributed by atoms with Gasteiger partial charge in [0.1, 0.15) is 17.4 Å². The van der Waals surface area contributed by atoms with Gasteiger partial charge in [-0.25, -0.2) is 0 Å². The van der Waals surface area contributed by atoms with Crippen LogP contribution in [0.2, 0.25) is 0 Å². The summed E-state index contributed by atoms with van der Waals surface area (Å²) in [5.74, 6) is 3.23.